The summed E-state index contributed by atoms with van der Waals surface area (Å²) in [6.07, 6.45) is 8.45. The van der Waals surface area contributed by atoms with Crippen molar-refractivity contribution >= 4 is 11.9 Å². The van der Waals surface area contributed by atoms with E-state index in [0.717, 1.165) is 18.4 Å². The lowest BCUT2D eigenvalue weighted by molar-refractivity contribution is -0.114. The lowest BCUT2D eigenvalue weighted by Crippen LogP contribution is -1.92. The molecule has 0 heterocycles. The topological polar surface area (TPSA) is 37.3 Å². The van der Waals surface area contributed by atoms with E-state index in [-0.39, 0.29) is 11.5 Å². The maximum absolute atomic E-state index is 11.5. The van der Waals surface area contributed by atoms with Crippen LogP contribution in [0.4, 0.5) is 0 Å². The van der Waals surface area contributed by atoms with Crippen molar-refractivity contribution in [1.82, 2.24) is 0 Å². The molecule has 0 aliphatic carbocycles. The van der Waals surface area contributed by atoms with Gasteiger partial charge in [-0.25, -0.2) is 0 Å². The summed E-state index contributed by atoms with van der Waals surface area (Å²) < 4.78 is 0. The van der Waals surface area contributed by atoms with E-state index in [9.17, 15) is 9.90 Å². The van der Waals surface area contributed by atoms with Crippen LogP contribution in [0.5, 0.6) is 5.75 Å². The number of unbranched alkanes of at least 4 members (excludes halogenated alkanes) is 3. The molecular weight excluding hydrogens is 212 g/mol. The van der Waals surface area contributed by atoms with Crippen LogP contribution < -0.4 is 0 Å². The number of hydrogen-bond acceptors (Lipinski definition) is 2. The predicted molar refractivity (Wildman–Crippen MR) is 70.9 cm³/mol. The quantitative estimate of drug-likeness (QED) is 0.571. The van der Waals surface area contributed by atoms with E-state index in [1.54, 1.807) is 30.4 Å². The average molecular weight is 232 g/mol. The first-order valence-electron chi connectivity index (χ1n) is 6.22. The molecule has 1 aromatic rings. The van der Waals surface area contributed by atoms with Crippen molar-refractivity contribution in [2.75, 3.05) is 0 Å². The van der Waals surface area contributed by atoms with Gasteiger partial charge in [-0.15, -0.1) is 0 Å². The summed E-state index contributed by atoms with van der Waals surface area (Å²) >= 11 is 0. The largest absolute Gasteiger partial charge is 0.508 e. The molecule has 0 spiro atoms. The number of rotatable bonds is 7. The lowest BCUT2D eigenvalue weighted by atomic mass is 10.1. The maximum Gasteiger partial charge on any atom is 0.155 e. The van der Waals surface area contributed by atoms with E-state index in [2.05, 4.69) is 6.92 Å². The van der Waals surface area contributed by atoms with E-state index in [0.29, 0.717) is 6.42 Å². The second kappa shape index (κ2) is 7.66. The Balaban J connectivity index is 2.35. The van der Waals surface area contributed by atoms with Crippen LogP contribution in [-0.4, -0.2) is 10.9 Å². The molecule has 1 rings (SSSR count). The molecule has 0 atom stereocenters. The van der Waals surface area contributed by atoms with Crippen LogP contribution in [0.1, 0.15) is 44.6 Å². The summed E-state index contributed by atoms with van der Waals surface area (Å²) in [5.74, 6) is 0.381. The van der Waals surface area contributed by atoms with E-state index >= 15 is 0 Å². The van der Waals surface area contributed by atoms with Crippen LogP contribution in [0.15, 0.2) is 30.3 Å². The van der Waals surface area contributed by atoms with Crippen molar-refractivity contribution < 1.29 is 9.90 Å². The highest BCUT2D eigenvalue weighted by atomic mass is 16.3. The van der Waals surface area contributed by atoms with Crippen LogP contribution in [0.3, 0.4) is 0 Å². The molecule has 1 N–H and O–H groups in total. The number of hydrogen-bond donors (Lipinski definition) is 1. The standard InChI is InChI=1S/C15H20O2/c1-2-3-4-5-8-14(16)11-10-13-7-6-9-15(17)12-13/h6-7,9-12,17H,2-5,8H2,1H3. The number of benzene rings is 1. The third kappa shape index (κ3) is 5.91. The van der Waals surface area contributed by atoms with Gasteiger partial charge in [-0.1, -0.05) is 44.4 Å². The van der Waals surface area contributed by atoms with E-state index < -0.39 is 0 Å². The maximum atomic E-state index is 11.5. The molecule has 0 saturated carbocycles. The van der Waals surface area contributed by atoms with Gasteiger partial charge in [-0.05, 0) is 30.2 Å². The Bertz CT molecular complexity index is 380. The van der Waals surface area contributed by atoms with Gasteiger partial charge in [-0.2, -0.15) is 0 Å². The monoisotopic (exact) mass is 232 g/mol. The zero-order chi connectivity index (χ0) is 12.5. The molecule has 1 aromatic carbocycles. The minimum absolute atomic E-state index is 0.157. The fraction of sp³-hybridized carbons (Fsp3) is 0.400. The summed E-state index contributed by atoms with van der Waals surface area (Å²) in [7, 11) is 0. The molecule has 0 aliphatic rings. The number of carbonyl (C=O) groups excluding carboxylic acids is 1. The Morgan fingerprint density at radius 3 is 2.82 bits per heavy atom. The highest BCUT2D eigenvalue weighted by molar-refractivity contribution is 5.93. The van der Waals surface area contributed by atoms with Gasteiger partial charge in [0, 0.05) is 6.42 Å². The zero-order valence-electron chi connectivity index (χ0n) is 10.4. The second-order valence-electron chi connectivity index (χ2n) is 4.21. The number of aromatic hydroxyl groups is 1. The third-order valence-corrected chi connectivity index (χ3v) is 2.61. The summed E-state index contributed by atoms with van der Waals surface area (Å²) in [6.45, 7) is 2.16. The lowest BCUT2D eigenvalue weighted by Gasteiger charge is -1.97. The van der Waals surface area contributed by atoms with Gasteiger partial charge < -0.3 is 5.11 Å². The Labute approximate surface area is 103 Å². The number of carbonyl (C=O) groups is 1. The summed E-state index contributed by atoms with van der Waals surface area (Å²) in [5.41, 5.74) is 0.854. The summed E-state index contributed by atoms with van der Waals surface area (Å²) in [6, 6.07) is 6.88. The molecule has 0 fully saturated rings. The summed E-state index contributed by atoms with van der Waals surface area (Å²) in [5, 5.41) is 9.26. The molecule has 0 saturated heterocycles. The van der Waals surface area contributed by atoms with E-state index in [4.69, 9.17) is 0 Å². The zero-order valence-corrected chi connectivity index (χ0v) is 10.4. The van der Waals surface area contributed by atoms with Gasteiger partial charge in [0.05, 0.1) is 0 Å². The average Bonchev–Trinajstić information content (AvgIpc) is 2.32. The molecule has 0 amide bonds. The van der Waals surface area contributed by atoms with Crippen LogP contribution in [0, 0.1) is 0 Å². The van der Waals surface area contributed by atoms with Crippen molar-refractivity contribution in [3.63, 3.8) is 0 Å². The molecule has 0 bridgehead atoms. The van der Waals surface area contributed by atoms with Crippen molar-refractivity contribution in [2.24, 2.45) is 0 Å². The van der Waals surface area contributed by atoms with Crippen LogP contribution in [0.25, 0.3) is 6.08 Å². The fourth-order valence-corrected chi connectivity index (χ4v) is 1.63. The molecule has 92 valence electrons. The smallest absolute Gasteiger partial charge is 0.155 e. The van der Waals surface area contributed by atoms with Crippen molar-refractivity contribution in [2.45, 2.75) is 39.0 Å². The Kier molecular flexibility index (Phi) is 6.08. The number of phenolic OH excluding ortho intramolecular Hbond substituents is 1. The molecule has 2 heteroatoms. The van der Waals surface area contributed by atoms with Gasteiger partial charge in [0.25, 0.3) is 0 Å². The Hall–Kier alpha value is -1.57. The highest BCUT2D eigenvalue weighted by Gasteiger charge is 1.97. The van der Waals surface area contributed by atoms with Gasteiger partial charge in [0.1, 0.15) is 5.75 Å². The first-order valence-corrected chi connectivity index (χ1v) is 6.22. The van der Waals surface area contributed by atoms with Crippen LogP contribution in [0.2, 0.25) is 0 Å². The van der Waals surface area contributed by atoms with E-state index in [1.165, 1.54) is 12.8 Å². The first-order chi connectivity index (χ1) is 8.22. The van der Waals surface area contributed by atoms with Crippen molar-refractivity contribution in [3.05, 3.63) is 35.9 Å². The molecular formula is C15H20O2. The van der Waals surface area contributed by atoms with Crippen LogP contribution in [-0.2, 0) is 4.79 Å². The molecule has 0 radical (unpaired) electrons. The van der Waals surface area contributed by atoms with Gasteiger partial charge in [-0.3, -0.25) is 4.79 Å². The number of ketones is 1. The highest BCUT2D eigenvalue weighted by Crippen LogP contribution is 2.12. The van der Waals surface area contributed by atoms with Gasteiger partial charge in [0.15, 0.2) is 5.78 Å². The molecule has 0 unspecified atom stereocenters. The van der Waals surface area contributed by atoms with Gasteiger partial charge in [0.2, 0.25) is 0 Å². The number of allylic oxidation sites excluding steroid dienone is 1. The minimum atomic E-state index is 0.157. The molecule has 0 aliphatic heterocycles. The van der Waals surface area contributed by atoms with Gasteiger partial charge >= 0.3 is 0 Å². The first kappa shape index (κ1) is 13.5. The Morgan fingerprint density at radius 1 is 1.29 bits per heavy atom. The number of phenols is 1. The third-order valence-electron chi connectivity index (χ3n) is 2.61. The summed E-state index contributed by atoms with van der Waals surface area (Å²) in [4.78, 5) is 11.5. The van der Waals surface area contributed by atoms with Crippen molar-refractivity contribution in [3.8, 4) is 5.75 Å². The molecule has 0 aromatic heterocycles. The minimum Gasteiger partial charge on any atom is -0.508 e. The second-order valence-corrected chi connectivity index (χ2v) is 4.21. The normalized spacial score (nSPS) is 10.9. The van der Waals surface area contributed by atoms with Crippen LogP contribution >= 0.6 is 0 Å². The Morgan fingerprint density at radius 2 is 2.12 bits per heavy atom. The molecule has 2 nitrogen and oxygen atoms in total. The predicted octanol–water partition coefficient (Wildman–Crippen LogP) is 3.94. The van der Waals surface area contributed by atoms with E-state index in [1.807, 2.05) is 6.07 Å². The van der Waals surface area contributed by atoms with Crippen molar-refractivity contribution in [1.29, 1.82) is 0 Å². The SMILES string of the molecule is CCCCCCC(=O)C=Cc1cccc(O)c1. The fourth-order valence-electron chi connectivity index (χ4n) is 1.63. The molecule has 17 heavy (non-hydrogen) atoms.